The number of ether oxygens (including phenoxy) is 1. The molecule has 0 bridgehead atoms. The molecule has 0 saturated heterocycles. The summed E-state index contributed by atoms with van der Waals surface area (Å²) in [5.74, 6) is 0.108. The normalized spacial score (nSPS) is 23.7. The standard InChI is InChI=1S/C11H14ClN3O3/c12-9-5-14-6-10(15(16)17)11(9)18-8-3-1-7(13)2-4-8/h5-8H,1-4,13H2. The minimum Gasteiger partial charge on any atom is -0.482 e. The van der Waals surface area contributed by atoms with E-state index in [-0.39, 0.29) is 28.6 Å². The molecule has 0 atom stereocenters. The zero-order valence-electron chi connectivity index (χ0n) is 9.71. The molecule has 6 nitrogen and oxygen atoms in total. The fourth-order valence-electron chi connectivity index (χ4n) is 2.03. The minimum atomic E-state index is -0.539. The fraction of sp³-hybridized carbons (Fsp3) is 0.545. The number of pyridine rings is 1. The molecule has 1 aromatic heterocycles. The summed E-state index contributed by atoms with van der Waals surface area (Å²) in [6, 6.07) is 0.202. The first-order valence-electron chi connectivity index (χ1n) is 5.78. The summed E-state index contributed by atoms with van der Waals surface area (Å²) in [6.07, 6.45) is 5.73. The highest BCUT2D eigenvalue weighted by Gasteiger charge is 2.25. The van der Waals surface area contributed by atoms with Crippen molar-refractivity contribution in [1.29, 1.82) is 0 Å². The third-order valence-electron chi connectivity index (χ3n) is 3.03. The first-order chi connectivity index (χ1) is 8.58. The molecule has 0 unspecified atom stereocenters. The van der Waals surface area contributed by atoms with E-state index in [2.05, 4.69) is 4.98 Å². The number of nitrogens with two attached hydrogens (primary N) is 1. The Labute approximate surface area is 109 Å². The van der Waals surface area contributed by atoms with E-state index in [1.807, 2.05) is 0 Å². The van der Waals surface area contributed by atoms with E-state index in [9.17, 15) is 10.1 Å². The monoisotopic (exact) mass is 271 g/mol. The van der Waals surface area contributed by atoms with Gasteiger partial charge in [0.05, 0.1) is 11.0 Å². The van der Waals surface area contributed by atoms with E-state index < -0.39 is 4.92 Å². The molecule has 2 N–H and O–H groups in total. The molecule has 2 rings (SSSR count). The largest absolute Gasteiger partial charge is 0.482 e. The number of nitro groups is 1. The van der Waals surface area contributed by atoms with Gasteiger partial charge in [0.1, 0.15) is 11.2 Å². The second-order valence-corrected chi connectivity index (χ2v) is 4.79. The molecule has 1 aromatic rings. The van der Waals surface area contributed by atoms with Crippen molar-refractivity contribution in [1.82, 2.24) is 4.98 Å². The predicted molar refractivity (Wildman–Crippen MR) is 66.8 cm³/mol. The second kappa shape index (κ2) is 5.49. The summed E-state index contributed by atoms with van der Waals surface area (Å²) >= 11 is 5.90. The Kier molecular flexibility index (Phi) is 3.98. The molecule has 0 aromatic carbocycles. The number of hydrogen-bond donors (Lipinski definition) is 1. The van der Waals surface area contributed by atoms with Gasteiger partial charge in [0.2, 0.25) is 5.75 Å². The van der Waals surface area contributed by atoms with Crippen molar-refractivity contribution in [3.05, 3.63) is 27.5 Å². The summed E-state index contributed by atoms with van der Waals surface area (Å²) in [5, 5.41) is 11.0. The van der Waals surface area contributed by atoms with Crippen LogP contribution in [0.3, 0.4) is 0 Å². The van der Waals surface area contributed by atoms with Crippen LogP contribution in [0.5, 0.6) is 5.75 Å². The summed E-state index contributed by atoms with van der Waals surface area (Å²) in [7, 11) is 0. The fourth-order valence-corrected chi connectivity index (χ4v) is 2.23. The highest BCUT2D eigenvalue weighted by molar-refractivity contribution is 6.32. The van der Waals surface area contributed by atoms with Crippen LogP contribution in [0.4, 0.5) is 5.69 Å². The third kappa shape index (κ3) is 2.88. The Hall–Kier alpha value is -1.40. The van der Waals surface area contributed by atoms with Gasteiger partial charge < -0.3 is 10.5 Å². The van der Waals surface area contributed by atoms with E-state index in [0.29, 0.717) is 0 Å². The molecule has 1 heterocycles. The Morgan fingerprint density at radius 3 is 2.67 bits per heavy atom. The molecule has 1 aliphatic rings. The molecular weight excluding hydrogens is 258 g/mol. The molecule has 0 spiro atoms. The van der Waals surface area contributed by atoms with Gasteiger partial charge in [-0.2, -0.15) is 0 Å². The summed E-state index contributed by atoms with van der Waals surface area (Å²) in [4.78, 5) is 14.0. The van der Waals surface area contributed by atoms with Gasteiger partial charge in [-0.1, -0.05) is 11.6 Å². The predicted octanol–water partition coefficient (Wildman–Crippen LogP) is 2.29. The van der Waals surface area contributed by atoms with Crippen molar-refractivity contribution in [2.24, 2.45) is 5.73 Å². The van der Waals surface area contributed by atoms with Gasteiger partial charge in [0.15, 0.2) is 0 Å². The summed E-state index contributed by atoms with van der Waals surface area (Å²) in [5.41, 5.74) is 5.60. The zero-order chi connectivity index (χ0) is 13.1. The van der Waals surface area contributed by atoms with E-state index in [1.165, 1.54) is 6.20 Å². The van der Waals surface area contributed by atoms with Crippen LogP contribution in [0.1, 0.15) is 25.7 Å². The number of nitrogens with zero attached hydrogens (tertiary/aromatic N) is 2. The molecule has 98 valence electrons. The van der Waals surface area contributed by atoms with Gasteiger partial charge in [-0.05, 0) is 25.7 Å². The summed E-state index contributed by atoms with van der Waals surface area (Å²) < 4.78 is 5.66. The van der Waals surface area contributed by atoms with Crippen LogP contribution in [0.2, 0.25) is 5.02 Å². The highest BCUT2D eigenvalue weighted by Crippen LogP contribution is 2.35. The number of rotatable bonds is 3. The first-order valence-corrected chi connectivity index (χ1v) is 6.16. The van der Waals surface area contributed by atoms with Gasteiger partial charge in [-0.25, -0.2) is 0 Å². The van der Waals surface area contributed by atoms with Crippen molar-refractivity contribution in [3.63, 3.8) is 0 Å². The topological polar surface area (TPSA) is 91.3 Å². The van der Waals surface area contributed by atoms with Crippen molar-refractivity contribution < 1.29 is 9.66 Å². The second-order valence-electron chi connectivity index (χ2n) is 4.38. The Balaban J connectivity index is 2.15. The van der Waals surface area contributed by atoms with Crippen molar-refractivity contribution in [2.75, 3.05) is 0 Å². The van der Waals surface area contributed by atoms with Crippen molar-refractivity contribution in [3.8, 4) is 5.75 Å². The van der Waals surface area contributed by atoms with Crippen LogP contribution >= 0.6 is 11.6 Å². The van der Waals surface area contributed by atoms with E-state index >= 15 is 0 Å². The average Bonchev–Trinajstić information content (AvgIpc) is 2.34. The third-order valence-corrected chi connectivity index (χ3v) is 3.30. The molecule has 18 heavy (non-hydrogen) atoms. The van der Waals surface area contributed by atoms with Crippen LogP contribution in [-0.2, 0) is 0 Å². The van der Waals surface area contributed by atoms with Gasteiger partial charge >= 0.3 is 5.69 Å². The molecule has 0 aliphatic heterocycles. The maximum Gasteiger partial charge on any atom is 0.330 e. The van der Waals surface area contributed by atoms with E-state index in [0.717, 1.165) is 31.9 Å². The average molecular weight is 272 g/mol. The van der Waals surface area contributed by atoms with Crippen LogP contribution < -0.4 is 10.5 Å². The SMILES string of the molecule is NC1CCC(Oc2c(Cl)cncc2[N+](=O)[O-])CC1. The molecule has 1 saturated carbocycles. The Bertz CT molecular complexity index is 447. The summed E-state index contributed by atoms with van der Waals surface area (Å²) in [6.45, 7) is 0. The minimum absolute atomic E-state index is 0.0663. The number of aromatic nitrogens is 1. The molecule has 1 aliphatic carbocycles. The van der Waals surface area contributed by atoms with E-state index in [4.69, 9.17) is 22.1 Å². The molecule has 0 amide bonds. The van der Waals surface area contributed by atoms with Gasteiger partial charge in [-0.15, -0.1) is 0 Å². The van der Waals surface area contributed by atoms with Crippen LogP contribution in [0, 0.1) is 10.1 Å². The van der Waals surface area contributed by atoms with Crippen LogP contribution in [0.15, 0.2) is 12.4 Å². The Morgan fingerprint density at radius 2 is 2.06 bits per heavy atom. The van der Waals surface area contributed by atoms with Crippen LogP contribution in [0.25, 0.3) is 0 Å². The quantitative estimate of drug-likeness (QED) is 0.673. The lowest BCUT2D eigenvalue weighted by Gasteiger charge is -2.26. The number of hydrogen-bond acceptors (Lipinski definition) is 5. The molecule has 1 fully saturated rings. The lowest BCUT2D eigenvalue weighted by molar-refractivity contribution is -0.386. The lowest BCUT2D eigenvalue weighted by atomic mass is 9.94. The molecular formula is C11H14ClN3O3. The zero-order valence-corrected chi connectivity index (χ0v) is 10.5. The van der Waals surface area contributed by atoms with Crippen molar-refractivity contribution >= 4 is 17.3 Å². The van der Waals surface area contributed by atoms with Gasteiger partial charge in [-0.3, -0.25) is 15.1 Å². The van der Waals surface area contributed by atoms with Crippen molar-refractivity contribution in [2.45, 2.75) is 37.8 Å². The Morgan fingerprint density at radius 1 is 1.39 bits per heavy atom. The highest BCUT2D eigenvalue weighted by atomic mass is 35.5. The van der Waals surface area contributed by atoms with Crippen LogP contribution in [-0.4, -0.2) is 22.1 Å². The molecule has 7 heteroatoms. The number of halogens is 1. The van der Waals surface area contributed by atoms with Gasteiger partial charge in [0, 0.05) is 12.2 Å². The smallest absolute Gasteiger partial charge is 0.330 e. The maximum absolute atomic E-state index is 10.9. The lowest BCUT2D eigenvalue weighted by Crippen LogP contribution is -2.31. The van der Waals surface area contributed by atoms with Gasteiger partial charge in [0.25, 0.3) is 0 Å². The molecule has 0 radical (unpaired) electrons. The maximum atomic E-state index is 10.9. The first kappa shape index (κ1) is 13.0. The van der Waals surface area contributed by atoms with E-state index in [1.54, 1.807) is 0 Å².